The molecule has 0 fully saturated rings. The van der Waals surface area contributed by atoms with Gasteiger partial charge >= 0.3 is 0 Å². The van der Waals surface area contributed by atoms with E-state index in [1.807, 2.05) is 49.4 Å². The number of carbonyl (C=O) groups is 1. The number of rotatable bonds is 3. The minimum Gasteiger partial charge on any atom is -0.309 e. The van der Waals surface area contributed by atoms with Gasteiger partial charge in [0.1, 0.15) is 0 Å². The number of benzene rings is 2. The first-order chi connectivity index (χ1) is 9.15. The van der Waals surface area contributed by atoms with Crippen LogP contribution in [0.4, 0.5) is 5.69 Å². The summed E-state index contributed by atoms with van der Waals surface area (Å²) in [7, 11) is 0. The summed E-state index contributed by atoms with van der Waals surface area (Å²) in [6, 6.07) is 14.9. The fourth-order valence-electron chi connectivity index (χ4n) is 1.87. The Morgan fingerprint density at radius 1 is 1.16 bits per heavy atom. The largest absolute Gasteiger partial charge is 0.309 e. The van der Waals surface area contributed by atoms with Crippen molar-refractivity contribution in [3.8, 4) is 0 Å². The van der Waals surface area contributed by atoms with Crippen LogP contribution in [0.15, 0.2) is 53.0 Å². The highest BCUT2D eigenvalue weighted by molar-refractivity contribution is 9.10. The number of hydrogen-bond donors (Lipinski definition) is 0. The Morgan fingerprint density at radius 3 is 2.47 bits per heavy atom. The van der Waals surface area contributed by atoms with Gasteiger partial charge in [0.05, 0.1) is 10.6 Å². The van der Waals surface area contributed by atoms with E-state index < -0.39 is 0 Å². The molecule has 0 aliphatic rings. The molecule has 0 aromatic heterocycles. The third kappa shape index (κ3) is 2.99. The lowest BCUT2D eigenvalue weighted by molar-refractivity contribution is 0.0988. The summed E-state index contributed by atoms with van der Waals surface area (Å²) in [5.74, 6) is -0.0972. The molecule has 0 saturated heterocycles. The zero-order chi connectivity index (χ0) is 13.8. The molecular weight excluding hydrogens is 326 g/mol. The summed E-state index contributed by atoms with van der Waals surface area (Å²) in [5.41, 5.74) is 1.37. The number of anilines is 1. The molecule has 0 aliphatic heterocycles. The van der Waals surface area contributed by atoms with Crippen molar-refractivity contribution in [3.05, 3.63) is 63.6 Å². The average Bonchev–Trinajstić information content (AvgIpc) is 2.44. The molecule has 0 radical (unpaired) electrons. The van der Waals surface area contributed by atoms with Gasteiger partial charge in [-0.15, -0.1) is 0 Å². The van der Waals surface area contributed by atoms with E-state index in [0.717, 1.165) is 10.2 Å². The molecule has 0 N–H and O–H groups in total. The molecule has 4 heteroatoms. The Labute approximate surface area is 126 Å². The van der Waals surface area contributed by atoms with Crippen LogP contribution in [0.1, 0.15) is 17.3 Å². The lowest BCUT2D eigenvalue weighted by atomic mass is 10.1. The Morgan fingerprint density at radius 2 is 1.84 bits per heavy atom. The van der Waals surface area contributed by atoms with Gasteiger partial charge in [0.2, 0.25) is 0 Å². The van der Waals surface area contributed by atoms with Crippen LogP contribution in [-0.2, 0) is 0 Å². The standard InChI is InChI=1S/C15H13BrClNO/c1-2-18(11-7-4-3-5-8-11)15(19)12-9-6-10-13(16)14(12)17/h3-10H,2H2,1H3. The van der Waals surface area contributed by atoms with Crippen molar-refractivity contribution in [2.45, 2.75) is 6.92 Å². The molecule has 0 unspecified atom stereocenters. The Hall–Kier alpha value is -1.32. The smallest absolute Gasteiger partial charge is 0.259 e. The highest BCUT2D eigenvalue weighted by atomic mass is 79.9. The van der Waals surface area contributed by atoms with Crippen molar-refractivity contribution in [1.82, 2.24) is 0 Å². The van der Waals surface area contributed by atoms with Gasteiger partial charge in [-0.2, -0.15) is 0 Å². The summed E-state index contributed by atoms with van der Waals surface area (Å²) < 4.78 is 0.726. The van der Waals surface area contributed by atoms with E-state index >= 15 is 0 Å². The number of nitrogens with zero attached hydrogens (tertiary/aromatic N) is 1. The second-order valence-corrected chi connectivity index (χ2v) is 5.22. The maximum absolute atomic E-state index is 12.6. The first kappa shape index (κ1) is 14.1. The van der Waals surface area contributed by atoms with Gasteiger partial charge in [-0.3, -0.25) is 4.79 Å². The lowest BCUT2D eigenvalue weighted by Gasteiger charge is -2.21. The second kappa shape index (κ2) is 6.22. The molecule has 0 saturated carbocycles. The minimum absolute atomic E-state index is 0.0972. The fraction of sp³-hybridized carbons (Fsp3) is 0.133. The van der Waals surface area contributed by atoms with Gasteiger partial charge in [0.15, 0.2) is 0 Å². The van der Waals surface area contributed by atoms with E-state index in [9.17, 15) is 4.79 Å². The van der Waals surface area contributed by atoms with Crippen molar-refractivity contribution in [1.29, 1.82) is 0 Å². The van der Waals surface area contributed by atoms with Gasteiger partial charge in [0, 0.05) is 16.7 Å². The van der Waals surface area contributed by atoms with Crippen LogP contribution in [0.5, 0.6) is 0 Å². The van der Waals surface area contributed by atoms with E-state index in [1.54, 1.807) is 11.0 Å². The highest BCUT2D eigenvalue weighted by Crippen LogP contribution is 2.28. The zero-order valence-electron chi connectivity index (χ0n) is 10.4. The molecule has 0 spiro atoms. The summed E-state index contributed by atoms with van der Waals surface area (Å²) in [5, 5.41) is 0.446. The first-order valence-electron chi connectivity index (χ1n) is 5.96. The van der Waals surface area contributed by atoms with E-state index in [4.69, 9.17) is 11.6 Å². The van der Waals surface area contributed by atoms with E-state index in [-0.39, 0.29) is 5.91 Å². The van der Waals surface area contributed by atoms with Crippen LogP contribution in [0.3, 0.4) is 0 Å². The third-order valence-electron chi connectivity index (χ3n) is 2.81. The van der Waals surface area contributed by atoms with E-state index in [1.165, 1.54) is 0 Å². The molecular formula is C15H13BrClNO. The van der Waals surface area contributed by atoms with Crippen LogP contribution in [0.2, 0.25) is 5.02 Å². The quantitative estimate of drug-likeness (QED) is 0.789. The van der Waals surface area contributed by atoms with Crippen LogP contribution in [0, 0.1) is 0 Å². The SMILES string of the molecule is CCN(C(=O)c1cccc(Br)c1Cl)c1ccccc1. The van der Waals surface area contributed by atoms with Crippen LogP contribution < -0.4 is 4.90 Å². The molecule has 98 valence electrons. The Kier molecular flexibility index (Phi) is 4.61. The summed E-state index contributed by atoms with van der Waals surface area (Å²) in [6.07, 6.45) is 0. The predicted octanol–water partition coefficient (Wildman–Crippen LogP) is 4.77. The monoisotopic (exact) mass is 337 g/mol. The summed E-state index contributed by atoms with van der Waals surface area (Å²) >= 11 is 9.52. The predicted molar refractivity (Wildman–Crippen MR) is 82.9 cm³/mol. The highest BCUT2D eigenvalue weighted by Gasteiger charge is 2.19. The van der Waals surface area contributed by atoms with Gasteiger partial charge in [-0.25, -0.2) is 0 Å². The lowest BCUT2D eigenvalue weighted by Crippen LogP contribution is -2.30. The summed E-state index contributed by atoms with van der Waals surface area (Å²) in [4.78, 5) is 14.3. The van der Waals surface area contributed by atoms with Crippen molar-refractivity contribution < 1.29 is 4.79 Å². The molecule has 2 nitrogen and oxygen atoms in total. The maximum atomic E-state index is 12.6. The third-order valence-corrected chi connectivity index (χ3v) is 4.11. The molecule has 1 amide bonds. The molecule has 2 aromatic rings. The van der Waals surface area contributed by atoms with E-state index in [2.05, 4.69) is 15.9 Å². The van der Waals surface area contributed by atoms with Crippen molar-refractivity contribution in [2.24, 2.45) is 0 Å². The topological polar surface area (TPSA) is 20.3 Å². The van der Waals surface area contributed by atoms with Crippen LogP contribution >= 0.6 is 27.5 Å². The van der Waals surface area contributed by atoms with Crippen LogP contribution in [0.25, 0.3) is 0 Å². The fourth-order valence-corrected chi connectivity index (χ4v) is 2.44. The molecule has 0 aliphatic carbocycles. The molecule has 2 aromatic carbocycles. The number of halogens is 2. The molecule has 19 heavy (non-hydrogen) atoms. The van der Waals surface area contributed by atoms with Crippen molar-refractivity contribution in [2.75, 3.05) is 11.4 Å². The van der Waals surface area contributed by atoms with Gasteiger partial charge in [-0.1, -0.05) is 35.9 Å². The van der Waals surface area contributed by atoms with Gasteiger partial charge < -0.3 is 4.90 Å². The summed E-state index contributed by atoms with van der Waals surface area (Å²) in [6.45, 7) is 2.53. The molecule has 0 bridgehead atoms. The molecule has 0 heterocycles. The van der Waals surface area contributed by atoms with Crippen molar-refractivity contribution in [3.63, 3.8) is 0 Å². The Balaban J connectivity index is 2.39. The molecule has 2 rings (SSSR count). The minimum atomic E-state index is -0.0972. The van der Waals surface area contributed by atoms with Gasteiger partial charge in [0.25, 0.3) is 5.91 Å². The number of hydrogen-bond acceptors (Lipinski definition) is 1. The number of carbonyl (C=O) groups excluding carboxylic acids is 1. The average molecular weight is 339 g/mol. The molecule has 0 atom stereocenters. The van der Waals surface area contributed by atoms with E-state index in [0.29, 0.717) is 17.1 Å². The second-order valence-electron chi connectivity index (χ2n) is 3.99. The zero-order valence-corrected chi connectivity index (χ0v) is 12.8. The maximum Gasteiger partial charge on any atom is 0.259 e. The van der Waals surface area contributed by atoms with Gasteiger partial charge in [-0.05, 0) is 47.1 Å². The van der Waals surface area contributed by atoms with Crippen LogP contribution in [-0.4, -0.2) is 12.5 Å². The normalized spacial score (nSPS) is 10.3. The number of amides is 1. The van der Waals surface area contributed by atoms with Crippen molar-refractivity contribution >= 4 is 39.1 Å². The number of para-hydroxylation sites is 1. The Bertz CT molecular complexity index is 586. The first-order valence-corrected chi connectivity index (χ1v) is 7.13.